The molecule has 14 heavy (non-hydrogen) atoms. The van der Waals surface area contributed by atoms with Gasteiger partial charge in [-0.1, -0.05) is 12.8 Å². The highest BCUT2D eigenvalue weighted by molar-refractivity contribution is 4.88. The maximum absolute atomic E-state index is 5.95. The molecule has 2 heteroatoms. The number of rotatable bonds is 3. The Morgan fingerprint density at radius 3 is 2.36 bits per heavy atom. The first kappa shape index (κ1) is 10.4. The highest BCUT2D eigenvalue weighted by Crippen LogP contribution is 2.43. The summed E-state index contributed by atoms with van der Waals surface area (Å²) in [5, 5.41) is 0. The Bertz CT molecular complexity index is 169. The number of hydrogen-bond acceptors (Lipinski definition) is 2. The van der Waals surface area contributed by atoms with Gasteiger partial charge in [0.1, 0.15) is 0 Å². The second-order valence-electron chi connectivity index (χ2n) is 5.17. The van der Waals surface area contributed by atoms with Gasteiger partial charge in [-0.3, -0.25) is 0 Å². The second kappa shape index (κ2) is 4.63. The summed E-state index contributed by atoms with van der Waals surface area (Å²) in [6, 6.07) is 0. The summed E-state index contributed by atoms with van der Waals surface area (Å²) in [4.78, 5) is 0. The van der Waals surface area contributed by atoms with E-state index in [1.165, 1.54) is 44.9 Å². The molecular formula is C12H23NO. The van der Waals surface area contributed by atoms with Crippen LogP contribution in [0.1, 0.15) is 44.9 Å². The van der Waals surface area contributed by atoms with Gasteiger partial charge in [-0.05, 0) is 50.0 Å². The smallest absolute Gasteiger partial charge is 0.0468 e. The molecule has 0 radical (unpaired) electrons. The Balaban J connectivity index is 1.86. The zero-order chi connectivity index (χ0) is 9.86. The minimum Gasteiger partial charge on any atom is -0.381 e. The SMILES string of the molecule is NCC1(CC2CCOCC2)CCCC1. The zero-order valence-corrected chi connectivity index (χ0v) is 9.13. The zero-order valence-electron chi connectivity index (χ0n) is 9.13. The van der Waals surface area contributed by atoms with E-state index < -0.39 is 0 Å². The Labute approximate surface area is 87.2 Å². The summed E-state index contributed by atoms with van der Waals surface area (Å²) in [5.74, 6) is 0.894. The van der Waals surface area contributed by atoms with Gasteiger partial charge >= 0.3 is 0 Å². The molecule has 0 spiro atoms. The van der Waals surface area contributed by atoms with Crippen LogP contribution in [0, 0.1) is 11.3 Å². The lowest BCUT2D eigenvalue weighted by Gasteiger charge is -2.33. The van der Waals surface area contributed by atoms with Crippen LogP contribution in [0.15, 0.2) is 0 Å². The quantitative estimate of drug-likeness (QED) is 0.753. The third-order valence-electron chi connectivity index (χ3n) is 4.16. The van der Waals surface area contributed by atoms with Crippen LogP contribution in [0.3, 0.4) is 0 Å². The summed E-state index contributed by atoms with van der Waals surface area (Å²) >= 11 is 0. The number of nitrogens with two attached hydrogens (primary N) is 1. The average Bonchev–Trinajstić information content (AvgIpc) is 2.69. The molecule has 82 valence electrons. The lowest BCUT2D eigenvalue weighted by molar-refractivity contribution is 0.0483. The fraction of sp³-hybridized carbons (Fsp3) is 1.00. The topological polar surface area (TPSA) is 35.2 Å². The number of hydrogen-bond donors (Lipinski definition) is 1. The Kier molecular flexibility index (Phi) is 3.45. The van der Waals surface area contributed by atoms with Crippen molar-refractivity contribution in [2.45, 2.75) is 44.9 Å². The minimum absolute atomic E-state index is 0.516. The molecule has 2 nitrogen and oxygen atoms in total. The van der Waals surface area contributed by atoms with Crippen LogP contribution in [-0.2, 0) is 4.74 Å². The Morgan fingerprint density at radius 2 is 1.79 bits per heavy atom. The fourth-order valence-corrected chi connectivity index (χ4v) is 3.18. The van der Waals surface area contributed by atoms with E-state index in [4.69, 9.17) is 10.5 Å². The lowest BCUT2D eigenvalue weighted by atomic mass is 9.75. The molecule has 0 amide bonds. The van der Waals surface area contributed by atoms with Crippen LogP contribution < -0.4 is 5.73 Å². The standard InChI is InChI=1S/C12H23NO/c13-10-12(5-1-2-6-12)9-11-3-7-14-8-4-11/h11H,1-10,13H2. The van der Waals surface area contributed by atoms with Gasteiger partial charge in [0, 0.05) is 13.2 Å². The van der Waals surface area contributed by atoms with Crippen molar-refractivity contribution in [3.05, 3.63) is 0 Å². The molecule has 0 unspecified atom stereocenters. The monoisotopic (exact) mass is 197 g/mol. The molecule has 1 aliphatic heterocycles. The molecule has 0 aromatic heterocycles. The molecule has 1 aliphatic carbocycles. The van der Waals surface area contributed by atoms with Crippen molar-refractivity contribution < 1.29 is 4.74 Å². The van der Waals surface area contributed by atoms with E-state index in [1.54, 1.807) is 0 Å². The van der Waals surface area contributed by atoms with Gasteiger partial charge in [0.05, 0.1) is 0 Å². The van der Waals surface area contributed by atoms with Crippen LogP contribution in [0.2, 0.25) is 0 Å². The first-order valence-corrected chi connectivity index (χ1v) is 6.12. The summed E-state index contributed by atoms with van der Waals surface area (Å²) in [6.07, 6.45) is 9.46. The van der Waals surface area contributed by atoms with E-state index in [1.807, 2.05) is 0 Å². The van der Waals surface area contributed by atoms with Crippen molar-refractivity contribution in [1.82, 2.24) is 0 Å². The first-order valence-electron chi connectivity index (χ1n) is 6.12. The number of ether oxygens (including phenoxy) is 1. The molecular weight excluding hydrogens is 174 g/mol. The van der Waals surface area contributed by atoms with Crippen LogP contribution >= 0.6 is 0 Å². The molecule has 2 N–H and O–H groups in total. The summed E-state index contributed by atoms with van der Waals surface area (Å²) < 4.78 is 5.40. The van der Waals surface area contributed by atoms with Crippen LogP contribution in [0.4, 0.5) is 0 Å². The Hall–Kier alpha value is -0.0800. The van der Waals surface area contributed by atoms with Gasteiger partial charge in [0.2, 0.25) is 0 Å². The fourth-order valence-electron chi connectivity index (χ4n) is 3.18. The van der Waals surface area contributed by atoms with E-state index in [0.717, 1.165) is 25.7 Å². The van der Waals surface area contributed by atoms with Crippen molar-refractivity contribution in [3.63, 3.8) is 0 Å². The predicted molar refractivity (Wildman–Crippen MR) is 58.1 cm³/mol. The van der Waals surface area contributed by atoms with Gasteiger partial charge in [0.25, 0.3) is 0 Å². The van der Waals surface area contributed by atoms with Crippen molar-refractivity contribution >= 4 is 0 Å². The highest BCUT2D eigenvalue weighted by atomic mass is 16.5. The highest BCUT2D eigenvalue weighted by Gasteiger charge is 2.34. The normalized spacial score (nSPS) is 28.1. The van der Waals surface area contributed by atoms with E-state index in [-0.39, 0.29) is 0 Å². The van der Waals surface area contributed by atoms with Crippen molar-refractivity contribution in [2.24, 2.45) is 17.1 Å². The van der Waals surface area contributed by atoms with Gasteiger partial charge in [-0.2, -0.15) is 0 Å². The lowest BCUT2D eigenvalue weighted by Crippen LogP contribution is -2.31. The Morgan fingerprint density at radius 1 is 1.14 bits per heavy atom. The molecule has 0 bridgehead atoms. The van der Waals surface area contributed by atoms with Crippen molar-refractivity contribution in [3.8, 4) is 0 Å². The third kappa shape index (κ3) is 2.29. The largest absolute Gasteiger partial charge is 0.381 e. The van der Waals surface area contributed by atoms with E-state index in [9.17, 15) is 0 Å². The average molecular weight is 197 g/mol. The molecule has 2 fully saturated rings. The van der Waals surface area contributed by atoms with Crippen LogP contribution in [0.25, 0.3) is 0 Å². The van der Waals surface area contributed by atoms with Gasteiger partial charge in [-0.15, -0.1) is 0 Å². The van der Waals surface area contributed by atoms with Crippen LogP contribution in [0.5, 0.6) is 0 Å². The molecule has 2 rings (SSSR count). The van der Waals surface area contributed by atoms with Gasteiger partial charge < -0.3 is 10.5 Å². The minimum atomic E-state index is 0.516. The van der Waals surface area contributed by atoms with Gasteiger partial charge in [-0.25, -0.2) is 0 Å². The maximum atomic E-state index is 5.95. The van der Waals surface area contributed by atoms with Crippen LogP contribution in [-0.4, -0.2) is 19.8 Å². The summed E-state index contributed by atoms with van der Waals surface area (Å²) in [5.41, 5.74) is 6.47. The molecule has 0 atom stereocenters. The maximum Gasteiger partial charge on any atom is 0.0468 e. The second-order valence-corrected chi connectivity index (χ2v) is 5.17. The van der Waals surface area contributed by atoms with E-state index in [0.29, 0.717) is 5.41 Å². The van der Waals surface area contributed by atoms with E-state index in [2.05, 4.69) is 0 Å². The third-order valence-corrected chi connectivity index (χ3v) is 4.16. The molecule has 1 saturated carbocycles. The summed E-state index contributed by atoms with van der Waals surface area (Å²) in [6.45, 7) is 2.86. The molecule has 1 heterocycles. The summed E-state index contributed by atoms with van der Waals surface area (Å²) in [7, 11) is 0. The molecule has 0 aromatic rings. The molecule has 0 aromatic carbocycles. The molecule has 2 aliphatic rings. The van der Waals surface area contributed by atoms with E-state index >= 15 is 0 Å². The van der Waals surface area contributed by atoms with Crippen molar-refractivity contribution in [1.29, 1.82) is 0 Å². The predicted octanol–water partition coefficient (Wildman–Crippen LogP) is 2.32. The van der Waals surface area contributed by atoms with Gasteiger partial charge in [0.15, 0.2) is 0 Å². The van der Waals surface area contributed by atoms with Crippen molar-refractivity contribution in [2.75, 3.05) is 19.8 Å². The first-order chi connectivity index (χ1) is 6.85. The molecule has 1 saturated heterocycles.